The van der Waals surface area contributed by atoms with Gasteiger partial charge >= 0.3 is 5.97 Å². The summed E-state index contributed by atoms with van der Waals surface area (Å²) in [7, 11) is 0. The van der Waals surface area contributed by atoms with Crippen LogP contribution in [0.3, 0.4) is 0 Å². The average molecular weight is 421 g/mol. The largest absolute Gasteiger partial charge is 0.459 e. The highest BCUT2D eigenvalue weighted by atomic mass is 16.6. The number of nitrogen functional groups attached to an aromatic ring is 1. The molecule has 1 aliphatic heterocycles. The number of allylic oxidation sites excluding steroid dienone is 2. The van der Waals surface area contributed by atoms with Gasteiger partial charge in [0.15, 0.2) is 5.65 Å². The molecule has 0 bridgehead atoms. The molecule has 1 saturated heterocycles. The number of nitrogens with two attached hydrogens (primary N) is 1. The van der Waals surface area contributed by atoms with Gasteiger partial charge < -0.3 is 19.8 Å². The Morgan fingerprint density at radius 3 is 2.77 bits per heavy atom. The van der Waals surface area contributed by atoms with Crippen LogP contribution >= 0.6 is 0 Å². The Hall–Kier alpha value is -2.93. The number of aryl methyl sites for hydroxylation is 1. The second kappa shape index (κ2) is 8.67. The van der Waals surface area contributed by atoms with Gasteiger partial charge in [-0.15, -0.1) is 0 Å². The number of aromatic nitrogens is 3. The van der Waals surface area contributed by atoms with Crippen LogP contribution in [0.25, 0.3) is 22.2 Å². The van der Waals surface area contributed by atoms with E-state index in [2.05, 4.69) is 6.08 Å². The molecule has 5 rings (SSSR count). The molecule has 1 aromatic carbocycles. The van der Waals surface area contributed by atoms with Gasteiger partial charge in [-0.25, -0.2) is 14.8 Å². The summed E-state index contributed by atoms with van der Waals surface area (Å²) in [6.07, 6.45) is 9.86. The van der Waals surface area contributed by atoms with Gasteiger partial charge in [0.25, 0.3) is 0 Å². The molecule has 3 heterocycles. The zero-order valence-corrected chi connectivity index (χ0v) is 17.7. The van der Waals surface area contributed by atoms with E-state index in [9.17, 15) is 4.79 Å². The summed E-state index contributed by atoms with van der Waals surface area (Å²) in [6, 6.07) is 7.66. The van der Waals surface area contributed by atoms with Gasteiger partial charge in [0.1, 0.15) is 23.5 Å². The summed E-state index contributed by atoms with van der Waals surface area (Å²) in [5.74, 6) is -0.0859. The van der Waals surface area contributed by atoms with E-state index in [1.54, 1.807) is 0 Å². The van der Waals surface area contributed by atoms with Crippen LogP contribution in [0, 0.1) is 0 Å². The number of benzene rings is 1. The molecule has 0 radical (unpaired) electrons. The van der Waals surface area contributed by atoms with E-state index in [0.29, 0.717) is 29.1 Å². The Morgan fingerprint density at radius 2 is 2.03 bits per heavy atom. The third-order valence-electron chi connectivity index (χ3n) is 6.26. The van der Waals surface area contributed by atoms with Crippen molar-refractivity contribution < 1.29 is 14.3 Å². The van der Waals surface area contributed by atoms with E-state index in [4.69, 9.17) is 25.2 Å². The molecule has 0 saturated carbocycles. The van der Waals surface area contributed by atoms with E-state index in [-0.39, 0.29) is 12.7 Å². The standard InChI is InChI=1S/C24H28N4O3/c25-22-20(24(29)31-15-17-9-6-14-30-17)21-23(27-19-11-5-4-10-18(19)26-21)28(22)13-12-16-7-2-1-3-8-16/h4-5,7,10-11,17H,1-3,6,8-9,12-15,25H2/t17-/m1/s1. The van der Waals surface area contributed by atoms with E-state index in [1.165, 1.54) is 18.4 Å². The highest BCUT2D eigenvalue weighted by Crippen LogP contribution is 2.30. The van der Waals surface area contributed by atoms with Crippen molar-refractivity contribution in [3.63, 3.8) is 0 Å². The molecular formula is C24H28N4O3. The van der Waals surface area contributed by atoms with E-state index < -0.39 is 5.97 Å². The topological polar surface area (TPSA) is 92.3 Å². The first-order chi connectivity index (χ1) is 15.2. The number of anilines is 1. The van der Waals surface area contributed by atoms with Gasteiger partial charge in [0.2, 0.25) is 0 Å². The summed E-state index contributed by atoms with van der Waals surface area (Å²) < 4.78 is 13.1. The van der Waals surface area contributed by atoms with Crippen LogP contribution in [0.2, 0.25) is 0 Å². The van der Waals surface area contributed by atoms with Crippen molar-refractivity contribution >= 4 is 34.0 Å². The smallest absolute Gasteiger partial charge is 0.344 e. The van der Waals surface area contributed by atoms with Gasteiger partial charge in [-0.3, -0.25) is 0 Å². The monoisotopic (exact) mass is 420 g/mol. The maximum Gasteiger partial charge on any atom is 0.344 e. The number of carbonyl (C=O) groups excluding carboxylic acids is 1. The number of fused-ring (bicyclic) bond motifs is 2. The number of hydrogen-bond donors (Lipinski definition) is 1. The lowest BCUT2D eigenvalue weighted by molar-refractivity contribution is 0.0163. The van der Waals surface area contributed by atoms with Crippen molar-refractivity contribution in [2.24, 2.45) is 0 Å². The summed E-state index contributed by atoms with van der Waals surface area (Å²) in [5, 5.41) is 0. The Balaban J connectivity index is 1.51. The molecule has 1 atom stereocenters. The maximum atomic E-state index is 13.0. The van der Waals surface area contributed by atoms with Crippen LogP contribution in [0.1, 0.15) is 55.3 Å². The first kappa shape index (κ1) is 20.0. The van der Waals surface area contributed by atoms with Crippen molar-refractivity contribution in [2.45, 2.75) is 57.6 Å². The zero-order chi connectivity index (χ0) is 21.2. The zero-order valence-electron chi connectivity index (χ0n) is 17.7. The molecular weight excluding hydrogens is 392 g/mol. The van der Waals surface area contributed by atoms with Crippen molar-refractivity contribution in [2.75, 3.05) is 18.9 Å². The van der Waals surface area contributed by atoms with Crippen LogP contribution in [-0.4, -0.2) is 39.8 Å². The fourth-order valence-electron chi connectivity index (χ4n) is 4.55. The highest BCUT2D eigenvalue weighted by molar-refractivity contribution is 6.08. The molecule has 7 heteroatoms. The number of nitrogens with zero attached hydrogens (tertiary/aromatic N) is 3. The van der Waals surface area contributed by atoms with E-state index in [0.717, 1.165) is 49.7 Å². The number of hydrogen-bond acceptors (Lipinski definition) is 6. The number of rotatable bonds is 6. The Morgan fingerprint density at radius 1 is 1.19 bits per heavy atom. The number of ether oxygens (including phenoxy) is 2. The summed E-state index contributed by atoms with van der Waals surface area (Å²) in [5.41, 5.74) is 10.9. The van der Waals surface area contributed by atoms with E-state index in [1.807, 2.05) is 28.8 Å². The second-order valence-corrected chi connectivity index (χ2v) is 8.39. The number of esters is 1. The third-order valence-corrected chi connectivity index (χ3v) is 6.26. The predicted molar refractivity (Wildman–Crippen MR) is 120 cm³/mol. The first-order valence-corrected chi connectivity index (χ1v) is 11.2. The molecule has 3 aromatic rings. The van der Waals surface area contributed by atoms with Gasteiger partial charge in [0.05, 0.1) is 17.1 Å². The lowest BCUT2D eigenvalue weighted by Crippen LogP contribution is -2.18. The lowest BCUT2D eigenvalue weighted by atomic mass is 9.97. The number of carbonyl (C=O) groups is 1. The number of para-hydroxylation sites is 2. The fraction of sp³-hybridized carbons (Fsp3) is 0.458. The van der Waals surface area contributed by atoms with E-state index >= 15 is 0 Å². The Bertz CT molecular complexity index is 1140. The van der Waals surface area contributed by atoms with Crippen LogP contribution in [0.4, 0.5) is 5.82 Å². The first-order valence-electron chi connectivity index (χ1n) is 11.2. The summed E-state index contributed by atoms with van der Waals surface area (Å²) in [6.45, 7) is 1.62. The molecule has 2 N–H and O–H groups in total. The second-order valence-electron chi connectivity index (χ2n) is 8.39. The Labute approximate surface area is 181 Å². The lowest BCUT2D eigenvalue weighted by Gasteiger charge is -2.14. The SMILES string of the molecule is Nc1c(C(=O)OC[C@H]2CCCO2)c2nc3ccccc3nc2n1CCC1=CCCCC1. The molecule has 1 aliphatic carbocycles. The maximum absolute atomic E-state index is 13.0. The van der Waals surface area contributed by atoms with Crippen LogP contribution in [0.5, 0.6) is 0 Å². The summed E-state index contributed by atoms with van der Waals surface area (Å²) >= 11 is 0. The van der Waals surface area contributed by atoms with Crippen LogP contribution in [-0.2, 0) is 16.0 Å². The summed E-state index contributed by atoms with van der Waals surface area (Å²) in [4.78, 5) is 22.6. The van der Waals surface area contributed by atoms with Crippen molar-refractivity contribution in [1.82, 2.24) is 14.5 Å². The minimum Gasteiger partial charge on any atom is -0.459 e. The van der Waals surface area contributed by atoms with Gasteiger partial charge in [0, 0.05) is 13.2 Å². The molecule has 2 aromatic heterocycles. The van der Waals surface area contributed by atoms with Gasteiger partial charge in [-0.05, 0) is 57.1 Å². The predicted octanol–water partition coefficient (Wildman–Crippen LogP) is 4.39. The molecule has 7 nitrogen and oxygen atoms in total. The van der Waals surface area contributed by atoms with Gasteiger partial charge in [-0.2, -0.15) is 0 Å². The van der Waals surface area contributed by atoms with Crippen LogP contribution in [0.15, 0.2) is 35.9 Å². The van der Waals surface area contributed by atoms with Crippen LogP contribution < -0.4 is 5.73 Å². The molecule has 31 heavy (non-hydrogen) atoms. The molecule has 0 spiro atoms. The van der Waals surface area contributed by atoms with Crippen molar-refractivity contribution in [1.29, 1.82) is 0 Å². The quantitative estimate of drug-likeness (QED) is 0.470. The molecule has 162 valence electrons. The third kappa shape index (κ3) is 4.02. The minimum absolute atomic E-state index is 0.0383. The Kier molecular flexibility index (Phi) is 5.59. The highest BCUT2D eigenvalue weighted by Gasteiger charge is 2.26. The minimum atomic E-state index is -0.460. The molecule has 2 aliphatic rings. The fourth-order valence-corrected chi connectivity index (χ4v) is 4.55. The van der Waals surface area contributed by atoms with Gasteiger partial charge in [-0.1, -0.05) is 23.8 Å². The molecule has 0 amide bonds. The molecule has 0 unspecified atom stereocenters. The van der Waals surface area contributed by atoms with Crippen molar-refractivity contribution in [3.8, 4) is 0 Å². The normalized spacial score (nSPS) is 19.1. The van der Waals surface area contributed by atoms with Crippen molar-refractivity contribution in [3.05, 3.63) is 41.5 Å². The molecule has 1 fully saturated rings. The average Bonchev–Trinajstić information content (AvgIpc) is 3.41.